The summed E-state index contributed by atoms with van der Waals surface area (Å²) in [5.41, 5.74) is 6.36. The summed E-state index contributed by atoms with van der Waals surface area (Å²) in [7, 11) is 0. The van der Waals surface area contributed by atoms with Crippen LogP contribution in [0, 0.1) is 0 Å². The smallest absolute Gasteiger partial charge is 0.319 e. The molecule has 0 unspecified atom stereocenters. The van der Waals surface area contributed by atoms with E-state index >= 15 is 0 Å². The lowest BCUT2D eigenvalue weighted by Crippen LogP contribution is -2.35. The number of nitrogens with one attached hydrogen (secondary N) is 2. The fourth-order valence-corrected chi connectivity index (χ4v) is 5.05. The molecule has 2 aromatic rings. The lowest BCUT2D eigenvalue weighted by molar-refractivity contribution is -0.115. The maximum Gasteiger partial charge on any atom is 0.319 e. The maximum atomic E-state index is 12.3. The van der Waals surface area contributed by atoms with E-state index in [2.05, 4.69) is 10.6 Å². The molecule has 26 heavy (non-hydrogen) atoms. The zero-order chi connectivity index (χ0) is 18.5. The van der Waals surface area contributed by atoms with Crippen LogP contribution in [0.5, 0.6) is 0 Å². The highest BCUT2D eigenvalue weighted by Crippen LogP contribution is 2.39. The van der Waals surface area contributed by atoms with E-state index < -0.39 is 11.9 Å². The number of anilines is 1. The van der Waals surface area contributed by atoms with Crippen molar-refractivity contribution in [1.29, 1.82) is 0 Å². The van der Waals surface area contributed by atoms with Crippen molar-refractivity contribution in [3.8, 4) is 0 Å². The van der Waals surface area contributed by atoms with E-state index in [1.807, 2.05) is 30.3 Å². The van der Waals surface area contributed by atoms with Gasteiger partial charge >= 0.3 is 6.03 Å². The number of amides is 4. The highest BCUT2D eigenvalue weighted by molar-refractivity contribution is 7.99. The van der Waals surface area contributed by atoms with Gasteiger partial charge in [-0.3, -0.25) is 14.9 Å². The molecule has 1 aromatic carbocycles. The molecule has 3 rings (SSSR count). The number of fused-ring (bicyclic) bond motifs is 1. The van der Waals surface area contributed by atoms with Gasteiger partial charge in [-0.15, -0.1) is 23.1 Å². The number of carbonyl (C=O) groups excluding carboxylic acids is 3. The molecule has 1 aliphatic carbocycles. The highest BCUT2D eigenvalue weighted by Gasteiger charge is 2.27. The third-order valence-corrected chi connectivity index (χ3v) is 6.20. The molecule has 136 valence electrons. The first-order valence-electron chi connectivity index (χ1n) is 8.27. The number of primary amides is 1. The predicted molar refractivity (Wildman–Crippen MR) is 104 cm³/mol. The number of carbonyl (C=O) groups is 3. The van der Waals surface area contributed by atoms with Crippen molar-refractivity contribution in [3.05, 3.63) is 46.3 Å². The number of urea groups is 1. The van der Waals surface area contributed by atoms with Gasteiger partial charge in [-0.05, 0) is 37.0 Å². The van der Waals surface area contributed by atoms with Crippen LogP contribution in [0.2, 0.25) is 0 Å². The van der Waals surface area contributed by atoms with Crippen LogP contribution >= 0.6 is 23.1 Å². The third kappa shape index (κ3) is 4.44. The Morgan fingerprint density at radius 1 is 1.15 bits per heavy atom. The van der Waals surface area contributed by atoms with Crippen LogP contribution in [-0.4, -0.2) is 23.6 Å². The molecule has 1 heterocycles. The van der Waals surface area contributed by atoms with Gasteiger partial charge in [0.15, 0.2) is 0 Å². The van der Waals surface area contributed by atoms with E-state index in [-0.39, 0.29) is 5.91 Å². The van der Waals surface area contributed by atoms with Gasteiger partial charge in [-0.25, -0.2) is 4.79 Å². The molecule has 0 aliphatic heterocycles. The van der Waals surface area contributed by atoms with Crippen LogP contribution in [0.25, 0.3) is 0 Å². The molecule has 1 aliphatic rings. The van der Waals surface area contributed by atoms with Crippen LogP contribution in [0.3, 0.4) is 0 Å². The molecule has 0 atom stereocenters. The molecular weight excluding hydrogens is 370 g/mol. The standard InChI is InChI=1S/C18H19N3O3S2/c19-18(24)21-16(23)15-12-7-4-8-13(12)26-17(15)20-14(22)9-10-25-11-5-2-1-3-6-11/h1-3,5-6H,4,7-10H2,(H,20,22)(H3,19,21,23,24). The Bertz CT molecular complexity index is 834. The molecule has 0 saturated carbocycles. The minimum Gasteiger partial charge on any atom is -0.351 e. The summed E-state index contributed by atoms with van der Waals surface area (Å²) in [5, 5.41) is 5.44. The molecule has 0 fully saturated rings. The average Bonchev–Trinajstić information content (AvgIpc) is 3.15. The average molecular weight is 390 g/mol. The Balaban J connectivity index is 1.64. The van der Waals surface area contributed by atoms with Gasteiger partial charge in [0.2, 0.25) is 5.91 Å². The number of hydrogen-bond donors (Lipinski definition) is 3. The minimum absolute atomic E-state index is 0.151. The van der Waals surface area contributed by atoms with Gasteiger partial charge in [0, 0.05) is 21.9 Å². The Morgan fingerprint density at radius 3 is 2.65 bits per heavy atom. The zero-order valence-corrected chi connectivity index (χ0v) is 15.7. The van der Waals surface area contributed by atoms with Crippen molar-refractivity contribution in [2.75, 3.05) is 11.1 Å². The first kappa shape index (κ1) is 18.5. The number of aryl methyl sites for hydroxylation is 1. The highest BCUT2D eigenvalue weighted by atomic mass is 32.2. The molecule has 4 amide bonds. The van der Waals surface area contributed by atoms with E-state index in [0.717, 1.165) is 34.6 Å². The van der Waals surface area contributed by atoms with E-state index in [4.69, 9.17) is 5.73 Å². The Hall–Kier alpha value is -2.32. The van der Waals surface area contributed by atoms with Crippen molar-refractivity contribution in [1.82, 2.24) is 5.32 Å². The number of rotatable bonds is 6. The Morgan fingerprint density at radius 2 is 1.92 bits per heavy atom. The van der Waals surface area contributed by atoms with Crippen LogP contribution in [0.1, 0.15) is 33.6 Å². The number of nitrogens with two attached hydrogens (primary N) is 1. The lowest BCUT2D eigenvalue weighted by Gasteiger charge is -2.08. The lowest BCUT2D eigenvalue weighted by atomic mass is 10.1. The quantitative estimate of drug-likeness (QED) is 0.661. The Labute approximate surface area is 159 Å². The van der Waals surface area contributed by atoms with Crippen molar-refractivity contribution >= 4 is 45.9 Å². The summed E-state index contributed by atoms with van der Waals surface area (Å²) in [5.74, 6) is -0.0589. The fourth-order valence-electron chi connectivity index (χ4n) is 2.87. The van der Waals surface area contributed by atoms with Crippen LogP contribution < -0.4 is 16.4 Å². The number of thioether (sulfide) groups is 1. The molecular formula is C18H19N3O3S2. The molecule has 0 spiro atoms. The van der Waals surface area contributed by atoms with Gasteiger partial charge in [0.1, 0.15) is 5.00 Å². The molecule has 0 bridgehead atoms. The van der Waals surface area contributed by atoms with E-state index in [9.17, 15) is 14.4 Å². The van der Waals surface area contributed by atoms with Gasteiger partial charge in [0.25, 0.3) is 5.91 Å². The van der Waals surface area contributed by atoms with E-state index in [1.165, 1.54) is 11.3 Å². The number of benzene rings is 1. The summed E-state index contributed by atoms with van der Waals surface area (Å²) < 4.78 is 0. The van der Waals surface area contributed by atoms with Crippen LogP contribution in [-0.2, 0) is 17.6 Å². The van der Waals surface area contributed by atoms with Crippen molar-refractivity contribution in [3.63, 3.8) is 0 Å². The topological polar surface area (TPSA) is 101 Å². The third-order valence-electron chi connectivity index (χ3n) is 3.98. The monoisotopic (exact) mass is 389 g/mol. The van der Waals surface area contributed by atoms with Crippen LogP contribution in [0.15, 0.2) is 35.2 Å². The summed E-state index contributed by atoms with van der Waals surface area (Å²) in [4.78, 5) is 37.8. The number of imide groups is 1. The molecule has 1 aromatic heterocycles. The van der Waals surface area contributed by atoms with Crippen molar-refractivity contribution in [2.45, 2.75) is 30.6 Å². The zero-order valence-electron chi connectivity index (χ0n) is 14.0. The van der Waals surface area contributed by atoms with Gasteiger partial charge in [-0.2, -0.15) is 0 Å². The second-order valence-corrected chi connectivity index (χ2v) is 8.11. The number of thiophene rings is 1. The summed E-state index contributed by atoms with van der Waals surface area (Å²) in [6.07, 6.45) is 2.96. The first-order valence-corrected chi connectivity index (χ1v) is 10.1. The van der Waals surface area contributed by atoms with Gasteiger partial charge < -0.3 is 11.1 Å². The molecule has 0 radical (unpaired) electrons. The summed E-state index contributed by atoms with van der Waals surface area (Å²) >= 11 is 3.01. The fraction of sp³-hybridized carbons (Fsp3) is 0.278. The SMILES string of the molecule is NC(=O)NC(=O)c1c(NC(=O)CCSc2ccccc2)sc2c1CCC2. The molecule has 0 saturated heterocycles. The molecule has 6 nitrogen and oxygen atoms in total. The second kappa shape index (κ2) is 8.37. The second-order valence-electron chi connectivity index (χ2n) is 5.84. The van der Waals surface area contributed by atoms with Crippen LogP contribution in [0.4, 0.5) is 9.80 Å². The molecule has 4 N–H and O–H groups in total. The maximum absolute atomic E-state index is 12.3. The summed E-state index contributed by atoms with van der Waals surface area (Å²) in [6, 6.07) is 8.96. The molecule has 8 heteroatoms. The summed E-state index contributed by atoms with van der Waals surface area (Å²) in [6.45, 7) is 0. The normalized spacial score (nSPS) is 12.5. The van der Waals surface area contributed by atoms with E-state index in [0.29, 0.717) is 22.7 Å². The minimum atomic E-state index is -0.899. The van der Waals surface area contributed by atoms with Gasteiger partial charge in [-0.1, -0.05) is 18.2 Å². The van der Waals surface area contributed by atoms with Gasteiger partial charge in [0.05, 0.1) is 5.56 Å². The Kier molecular flexibility index (Phi) is 5.95. The number of hydrogen-bond acceptors (Lipinski definition) is 5. The van der Waals surface area contributed by atoms with Crippen molar-refractivity contribution < 1.29 is 14.4 Å². The largest absolute Gasteiger partial charge is 0.351 e. The van der Waals surface area contributed by atoms with E-state index in [1.54, 1.807) is 11.8 Å². The van der Waals surface area contributed by atoms with Crippen molar-refractivity contribution in [2.24, 2.45) is 5.73 Å². The predicted octanol–water partition coefficient (Wildman–Crippen LogP) is 3.17. The first-order chi connectivity index (χ1) is 12.5.